The first kappa shape index (κ1) is 23.7. The fraction of sp³-hybridized carbons (Fsp3) is 0.650. The van der Waals surface area contributed by atoms with Crippen molar-refractivity contribution in [2.45, 2.75) is 46.3 Å². The third-order valence-corrected chi connectivity index (χ3v) is 3.84. The van der Waals surface area contributed by atoms with Gasteiger partial charge in [0.25, 0.3) is 0 Å². The number of rotatable bonds is 1. The van der Waals surface area contributed by atoms with Gasteiger partial charge >= 0.3 is 6.09 Å². The summed E-state index contributed by atoms with van der Waals surface area (Å²) in [6.45, 7) is 11.8. The van der Waals surface area contributed by atoms with Gasteiger partial charge in [-0.25, -0.2) is 9.78 Å². The Hall–Kier alpha value is -2.35. The number of carbonyl (C=O) groups excluding carboxylic acids is 2. The lowest BCUT2D eigenvalue weighted by Crippen LogP contribution is -2.59. The van der Waals surface area contributed by atoms with E-state index in [1.807, 2.05) is 40.7 Å². The van der Waals surface area contributed by atoms with Crippen LogP contribution in [-0.4, -0.2) is 74.4 Å². The molecular formula is C20H33N3O5. The number of aromatic nitrogens is 1. The Morgan fingerprint density at radius 2 is 1.89 bits per heavy atom. The van der Waals surface area contributed by atoms with Crippen LogP contribution in [0.5, 0.6) is 5.88 Å². The lowest BCUT2D eigenvalue weighted by Gasteiger charge is -2.45. The van der Waals surface area contributed by atoms with Crippen molar-refractivity contribution in [1.82, 2.24) is 9.88 Å². The second kappa shape index (κ2) is 10.8. The van der Waals surface area contributed by atoms with Crippen LogP contribution >= 0.6 is 0 Å². The highest BCUT2D eigenvalue weighted by Gasteiger charge is 2.36. The number of methoxy groups -OCH3 is 1. The van der Waals surface area contributed by atoms with E-state index in [0.717, 1.165) is 5.69 Å². The minimum absolute atomic E-state index is 0.0626. The van der Waals surface area contributed by atoms with Gasteiger partial charge in [0.05, 0.1) is 6.04 Å². The molecular weight excluding hydrogens is 362 g/mol. The van der Waals surface area contributed by atoms with Crippen LogP contribution in [0, 0.1) is 0 Å². The summed E-state index contributed by atoms with van der Waals surface area (Å²) in [6.07, 6.45) is 0.410. The zero-order chi connectivity index (χ0) is 21.3. The summed E-state index contributed by atoms with van der Waals surface area (Å²) in [6, 6.07) is 3.59. The maximum absolute atomic E-state index is 12.2. The van der Waals surface area contributed by atoms with E-state index in [1.54, 1.807) is 25.2 Å². The molecule has 1 amide bonds. The number of anilines is 1. The SMILES string of the molecule is CC.CC(C)(C)OC(=O)N1CCN2c3ccc(C=O)nc3OCC2C1.COC. The van der Waals surface area contributed by atoms with Crippen LogP contribution in [0.1, 0.15) is 45.1 Å². The molecule has 1 aromatic rings. The fourth-order valence-electron chi connectivity index (χ4n) is 2.82. The molecule has 1 aromatic heterocycles. The number of nitrogens with zero attached hydrogens (tertiary/aromatic N) is 3. The first-order valence-corrected chi connectivity index (χ1v) is 9.52. The zero-order valence-electron chi connectivity index (χ0n) is 18.0. The number of ether oxygens (including phenoxy) is 3. The molecule has 1 atom stereocenters. The van der Waals surface area contributed by atoms with Crippen molar-refractivity contribution in [2.24, 2.45) is 0 Å². The third kappa shape index (κ3) is 6.37. The van der Waals surface area contributed by atoms with Gasteiger partial charge in [-0.1, -0.05) is 13.8 Å². The predicted molar refractivity (Wildman–Crippen MR) is 108 cm³/mol. The van der Waals surface area contributed by atoms with Crippen molar-refractivity contribution in [3.63, 3.8) is 0 Å². The van der Waals surface area contributed by atoms with E-state index in [4.69, 9.17) is 9.47 Å². The number of aldehydes is 1. The molecule has 28 heavy (non-hydrogen) atoms. The van der Waals surface area contributed by atoms with Crippen LogP contribution in [0.25, 0.3) is 0 Å². The van der Waals surface area contributed by atoms with Crippen LogP contribution in [0.15, 0.2) is 12.1 Å². The second-order valence-corrected chi connectivity index (χ2v) is 7.17. The van der Waals surface area contributed by atoms with Crippen LogP contribution in [0.4, 0.5) is 10.5 Å². The maximum Gasteiger partial charge on any atom is 0.410 e. The lowest BCUT2D eigenvalue weighted by molar-refractivity contribution is 0.0193. The summed E-state index contributed by atoms with van der Waals surface area (Å²) in [7, 11) is 3.25. The molecule has 0 aliphatic carbocycles. The third-order valence-electron chi connectivity index (χ3n) is 3.84. The Kier molecular flexibility index (Phi) is 9.18. The summed E-state index contributed by atoms with van der Waals surface area (Å²) < 4.78 is 15.4. The molecule has 3 rings (SSSR count). The van der Waals surface area contributed by atoms with E-state index >= 15 is 0 Å². The van der Waals surface area contributed by atoms with Crippen molar-refractivity contribution in [2.75, 3.05) is 45.4 Å². The van der Waals surface area contributed by atoms with Crippen molar-refractivity contribution >= 4 is 18.1 Å². The standard InChI is InChI=1S/C16H21N3O4.C2H6O.C2H6/c1-16(2,3)23-15(21)18-6-7-19-12(8-18)10-22-14-13(19)5-4-11(9-20)17-14;1-3-2;1-2/h4-5,9,12H,6-8,10H2,1-3H3;1-2H3;1-2H3. The van der Waals surface area contributed by atoms with Gasteiger partial charge in [-0.2, -0.15) is 0 Å². The quantitative estimate of drug-likeness (QED) is 0.676. The summed E-state index contributed by atoms with van der Waals surface area (Å²) >= 11 is 0. The molecule has 1 saturated heterocycles. The van der Waals surface area contributed by atoms with E-state index in [-0.39, 0.29) is 12.1 Å². The topological polar surface area (TPSA) is 81.2 Å². The van der Waals surface area contributed by atoms with Crippen LogP contribution in [0.2, 0.25) is 0 Å². The molecule has 2 aliphatic rings. The molecule has 0 saturated carbocycles. The van der Waals surface area contributed by atoms with E-state index in [2.05, 4.69) is 14.6 Å². The van der Waals surface area contributed by atoms with E-state index in [9.17, 15) is 9.59 Å². The van der Waals surface area contributed by atoms with Crippen molar-refractivity contribution in [3.8, 4) is 5.88 Å². The number of hydrogen-bond acceptors (Lipinski definition) is 7. The minimum atomic E-state index is -0.501. The summed E-state index contributed by atoms with van der Waals surface area (Å²) in [5.41, 5.74) is 0.726. The molecule has 1 fully saturated rings. The molecule has 0 aromatic carbocycles. The smallest absolute Gasteiger partial charge is 0.410 e. The first-order valence-electron chi connectivity index (χ1n) is 9.52. The first-order chi connectivity index (χ1) is 13.3. The fourth-order valence-corrected chi connectivity index (χ4v) is 2.82. The predicted octanol–water partition coefficient (Wildman–Crippen LogP) is 3.00. The Balaban J connectivity index is 0.000000717. The van der Waals surface area contributed by atoms with E-state index < -0.39 is 5.60 Å². The van der Waals surface area contributed by atoms with Crippen molar-refractivity contribution < 1.29 is 23.8 Å². The highest BCUT2D eigenvalue weighted by Crippen LogP contribution is 2.33. The van der Waals surface area contributed by atoms with E-state index in [0.29, 0.717) is 44.1 Å². The minimum Gasteiger partial charge on any atom is -0.474 e. The van der Waals surface area contributed by atoms with Gasteiger partial charge in [-0.15, -0.1) is 0 Å². The molecule has 2 aliphatic heterocycles. The highest BCUT2D eigenvalue weighted by atomic mass is 16.6. The number of amides is 1. The largest absolute Gasteiger partial charge is 0.474 e. The highest BCUT2D eigenvalue weighted by molar-refractivity contribution is 5.74. The molecule has 8 nitrogen and oxygen atoms in total. The Morgan fingerprint density at radius 3 is 2.46 bits per heavy atom. The average molecular weight is 396 g/mol. The van der Waals surface area contributed by atoms with Gasteiger partial charge in [0.15, 0.2) is 6.29 Å². The van der Waals surface area contributed by atoms with Crippen LogP contribution in [0.3, 0.4) is 0 Å². The Bertz CT molecular complexity index is 645. The molecule has 0 N–H and O–H groups in total. The van der Waals surface area contributed by atoms with E-state index in [1.165, 1.54) is 0 Å². The summed E-state index contributed by atoms with van der Waals surface area (Å²) in [4.78, 5) is 31.1. The van der Waals surface area contributed by atoms with Gasteiger partial charge in [-0.05, 0) is 32.9 Å². The normalized spacial score (nSPS) is 17.5. The van der Waals surface area contributed by atoms with Crippen LogP contribution in [-0.2, 0) is 9.47 Å². The van der Waals surface area contributed by atoms with Gasteiger partial charge in [0, 0.05) is 33.9 Å². The monoisotopic (exact) mass is 395 g/mol. The van der Waals surface area contributed by atoms with Crippen LogP contribution < -0.4 is 9.64 Å². The van der Waals surface area contributed by atoms with Gasteiger partial charge in [-0.3, -0.25) is 4.79 Å². The average Bonchev–Trinajstić information content (AvgIpc) is 2.67. The number of hydrogen-bond donors (Lipinski definition) is 0. The molecule has 158 valence electrons. The van der Waals surface area contributed by atoms with Crippen molar-refractivity contribution in [3.05, 3.63) is 17.8 Å². The lowest BCUT2D eigenvalue weighted by atomic mass is 10.1. The Morgan fingerprint density at radius 1 is 1.25 bits per heavy atom. The number of carbonyl (C=O) groups is 2. The molecule has 8 heteroatoms. The number of piperazine rings is 1. The summed E-state index contributed by atoms with van der Waals surface area (Å²) in [5, 5.41) is 0. The Labute approximate surface area is 167 Å². The van der Waals surface area contributed by atoms with Gasteiger partial charge in [0.1, 0.15) is 23.6 Å². The second-order valence-electron chi connectivity index (χ2n) is 7.17. The van der Waals surface area contributed by atoms with Gasteiger partial charge in [0.2, 0.25) is 5.88 Å². The molecule has 0 radical (unpaired) electrons. The molecule has 1 unspecified atom stereocenters. The number of fused-ring (bicyclic) bond motifs is 3. The molecule has 0 bridgehead atoms. The van der Waals surface area contributed by atoms with Crippen molar-refractivity contribution in [1.29, 1.82) is 0 Å². The number of pyridine rings is 1. The summed E-state index contributed by atoms with van der Waals surface area (Å²) in [5.74, 6) is 0.483. The maximum atomic E-state index is 12.2. The van der Waals surface area contributed by atoms with Gasteiger partial charge < -0.3 is 24.0 Å². The molecule has 0 spiro atoms. The molecule has 3 heterocycles. The zero-order valence-corrected chi connectivity index (χ0v) is 18.0.